The lowest BCUT2D eigenvalue weighted by Gasteiger charge is -2.28. The van der Waals surface area contributed by atoms with Gasteiger partial charge < -0.3 is 15.7 Å². The van der Waals surface area contributed by atoms with Gasteiger partial charge in [-0.25, -0.2) is 9.18 Å². The van der Waals surface area contributed by atoms with Crippen LogP contribution in [-0.2, 0) is 32.0 Å². The number of rotatable bonds is 7. The molecule has 9 heteroatoms. The molecule has 30 heavy (non-hydrogen) atoms. The van der Waals surface area contributed by atoms with Crippen LogP contribution in [0.5, 0.6) is 0 Å². The van der Waals surface area contributed by atoms with Crippen molar-refractivity contribution in [3.05, 3.63) is 29.3 Å². The van der Waals surface area contributed by atoms with Gasteiger partial charge in [-0.05, 0) is 29.9 Å². The monoisotopic (exact) mass is 419 g/mol. The third-order valence-electron chi connectivity index (χ3n) is 5.94. The molecule has 0 radical (unpaired) electrons. The second kappa shape index (κ2) is 8.81. The van der Waals surface area contributed by atoms with Crippen molar-refractivity contribution in [3.8, 4) is 0 Å². The SMILES string of the molecule is CC[C@H](C)[C@H](NC(=O)CF)C(=O)N[C@H]1CCc2cccc3c2N(C1=O)[C@H](C(=O)O)C3. The van der Waals surface area contributed by atoms with Crippen LogP contribution in [0.2, 0.25) is 0 Å². The molecule has 1 aromatic rings. The zero-order valence-corrected chi connectivity index (χ0v) is 17.0. The van der Waals surface area contributed by atoms with Crippen molar-refractivity contribution in [1.82, 2.24) is 10.6 Å². The summed E-state index contributed by atoms with van der Waals surface area (Å²) in [4.78, 5) is 50.7. The van der Waals surface area contributed by atoms with E-state index in [1.165, 1.54) is 4.90 Å². The van der Waals surface area contributed by atoms with Crippen molar-refractivity contribution < 1.29 is 28.7 Å². The minimum Gasteiger partial charge on any atom is -0.480 e. The van der Waals surface area contributed by atoms with Gasteiger partial charge in [-0.1, -0.05) is 38.5 Å². The van der Waals surface area contributed by atoms with Gasteiger partial charge in [0.05, 0.1) is 5.69 Å². The van der Waals surface area contributed by atoms with Crippen molar-refractivity contribution in [2.24, 2.45) is 5.92 Å². The molecule has 3 rings (SSSR count). The third kappa shape index (κ3) is 4.01. The van der Waals surface area contributed by atoms with Crippen molar-refractivity contribution >= 4 is 29.4 Å². The highest BCUT2D eigenvalue weighted by Gasteiger charge is 2.44. The number of para-hydroxylation sites is 1. The van der Waals surface area contributed by atoms with E-state index in [4.69, 9.17) is 0 Å². The number of alkyl halides is 1. The van der Waals surface area contributed by atoms with Crippen LogP contribution in [0, 0.1) is 5.92 Å². The predicted molar refractivity (Wildman–Crippen MR) is 107 cm³/mol. The maximum absolute atomic E-state index is 13.3. The van der Waals surface area contributed by atoms with E-state index in [1.54, 1.807) is 6.92 Å². The van der Waals surface area contributed by atoms with Gasteiger partial charge in [0, 0.05) is 6.42 Å². The number of aliphatic carboxylic acids is 1. The van der Waals surface area contributed by atoms with Crippen molar-refractivity contribution in [2.75, 3.05) is 11.6 Å². The Morgan fingerprint density at radius 2 is 2.00 bits per heavy atom. The highest BCUT2D eigenvalue weighted by molar-refractivity contribution is 6.07. The van der Waals surface area contributed by atoms with Crippen LogP contribution in [-0.4, -0.2) is 53.6 Å². The van der Waals surface area contributed by atoms with Crippen LogP contribution in [0.15, 0.2) is 18.2 Å². The summed E-state index contributed by atoms with van der Waals surface area (Å²) in [7, 11) is 0. The van der Waals surface area contributed by atoms with Crippen molar-refractivity contribution in [3.63, 3.8) is 0 Å². The Morgan fingerprint density at radius 3 is 2.63 bits per heavy atom. The number of carboxylic acids is 1. The molecule has 0 aliphatic carbocycles. The zero-order chi connectivity index (χ0) is 22.0. The second-order valence-electron chi connectivity index (χ2n) is 7.86. The number of nitrogens with one attached hydrogen (secondary N) is 2. The summed E-state index contributed by atoms with van der Waals surface area (Å²) in [5.41, 5.74) is 2.29. The molecular weight excluding hydrogens is 393 g/mol. The first-order valence-electron chi connectivity index (χ1n) is 10.1. The highest BCUT2D eigenvalue weighted by atomic mass is 19.1. The number of hydrogen-bond donors (Lipinski definition) is 3. The minimum absolute atomic E-state index is 0.215. The van der Waals surface area contributed by atoms with Gasteiger partial charge in [0.25, 0.3) is 5.91 Å². The van der Waals surface area contributed by atoms with Gasteiger partial charge in [-0.3, -0.25) is 19.3 Å². The summed E-state index contributed by atoms with van der Waals surface area (Å²) >= 11 is 0. The van der Waals surface area contributed by atoms with E-state index < -0.39 is 48.5 Å². The number of carbonyl (C=O) groups excluding carboxylic acids is 3. The lowest BCUT2D eigenvalue weighted by Crippen LogP contribution is -2.57. The van der Waals surface area contributed by atoms with E-state index in [0.717, 1.165) is 11.1 Å². The fraction of sp³-hybridized carbons (Fsp3) is 0.524. The van der Waals surface area contributed by atoms with Gasteiger partial charge in [-0.15, -0.1) is 0 Å². The predicted octanol–water partition coefficient (Wildman–Crippen LogP) is 0.960. The molecule has 0 saturated carbocycles. The van der Waals surface area contributed by atoms with Crippen LogP contribution >= 0.6 is 0 Å². The number of aryl methyl sites for hydroxylation is 1. The Morgan fingerprint density at radius 1 is 1.30 bits per heavy atom. The molecule has 0 unspecified atom stereocenters. The Labute approximate surface area is 173 Å². The van der Waals surface area contributed by atoms with E-state index in [1.807, 2.05) is 25.1 Å². The largest absolute Gasteiger partial charge is 0.480 e. The molecule has 0 bridgehead atoms. The molecule has 3 amide bonds. The molecule has 4 atom stereocenters. The summed E-state index contributed by atoms with van der Waals surface area (Å²) in [6.45, 7) is 2.35. The first kappa shape index (κ1) is 21.7. The molecule has 2 aliphatic rings. The Bertz CT molecular complexity index is 874. The number of hydrogen-bond acceptors (Lipinski definition) is 4. The van der Waals surface area contributed by atoms with E-state index in [2.05, 4.69) is 10.6 Å². The number of nitrogens with zero attached hydrogens (tertiary/aromatic N) is 1. The summed E-state index contributed by atoms with van der Waals surface area (Å²) < 4.78 is 12.7. The van der Waals surface area contributed by atoms with E-state index in [0.29, 0.717) is 24.9 Å². The number of benzene rings is 1. The standard InChI is InChI=1S/C21H26FN3O5/c1-3-11(2)17(24-16(26)10-22)19(27)23-14-8-7-12-5-4-6-13-9-15(21(29)30)25(18(12)13)20(14)28/h4-6,11,14-15,17H,3,7-10H2,1-2H3,(H,23,27)(H,24,26)(H,29,30)/t11-,14-,15-,17-/m0/s1. The fourth-order valence-electron chi connectivity index (χ4n) is 4.14. The molecule has 0 aromatic heterocycles. The van der Waals surface area contributed by atoms with Crippen LogP contribution in [0.1, 0.15) is 37.8 Å². The quantitative estimate of drug-likeness (QED) is 0.609. The normalized spacial score (nSPS) is 22.0. The molecule has 0 fully saturated rings. The van der Waals surface area contributed by atoms with Crippen molar-refractivity contribution in [1.29, 1.82) is 0 Å². The zero-order valence-electron chi connectivity index (χ0n) is 17.0. The van der Waals surface area contributed by atoms with Crippen LogP contribution in [0.4, 0.5) is 10.1 Å². The number of carboxylic acid groups (broad SMARTS) is 1. The molecule has 3 N–H and O–H groups in total. The Balaban J connectivity index is 1.86. The Hall–Kier alpha value is -2.97. The maximum atomic E-state index is 13.3. The topological polar surface area (TPSA) is 116 Å². The molecule has 162 valence electrons. The number of carbonyl (C=O) groups is 4. The fourth-order valence-corrected chi connectivity index (χ4v) is 4.14. The van der Waals surface area contributed by atoms with E-state index >= 15 is 0 Å². The summed E-state index contributed by atoms with van der Waals surface area (Å²) in [6.07, 6.45) is 1.57. The van der Waals surface area contributed by atoms with Crippen LogP contribution < -0.4 is 15.5 Å². The van der Waals surface area contributed by atoms with Gasteiger partial charge in [0.1, 0.15) is 18.1 Å². The molecule has 1 aromatic carbocycles. The minimum atomic E-state index is -1.24. The second-order valence-corrected chi connectivity index (χ2v) is 7.86. The van der Waals surface area contributed by atoms with Crippen LogP contribution in [0.3, 0.4) is 0 Å². The van der Waals surface area contributed by atoms with Crippen molar-refractivity contribution in [2.45, 2.75) is 57.7 Å². The first-order chi connectivity index (χ1) is 14.3. The molecular formula is C21H26FN3O5. The van der Waals surface area contributed by atoms with E-state index in [9.17, 15) is 28.7 Å². The molecule has 0 spiro atoms. The van der Waals surface area contributed by atoms with Crippen LogP contribution in [0.25, 0.3) is 0 Å². The first-order valence-corrected chi connectivity index (χ1v) is 10.1. The lowest BCUT2D eigenvalue weighted by atomic mass is 9.97. The van der Waals surface area contributed by atoms with Gasteiger partial charge >= 0.3 is 5.97 Å². The van der Waals surface area contributed by atoms with Gasteiger partial charge in [-0.2, -0.15) is 0 Å². The third-order valence-corrected chi connectivity index (χ3v) is 5.94. The lowest BCUT2D eigenvalue weighted by molar-refractivity contribution is -0.140. The van der Waals surface area contributed by atoms with Gasteiger partial charge in [0.15, 0.2) is 6.67 Å². The molecule has 2 aliphatic heterocycles. The average molecular weight is 419 g/mol. The number of anilines is 1. The smallest absolute Gasteiger partial charge is 0.327 e. The molecule has 0 saturated heterocycles. The Kier molecular flexibility index (Phi) is 6.38. The van der Waals surface area contributed by atoms with E-state index in [-0.39, 0.29) is 12.3 Å². The highest BCUT2D eigenvalue weighted by Crippen LogP contribution is 2.39. The number of halogens is 1. The molecule has 2 heterocycles. The maximum Gasteiger partial charge on any atom is 0.327 e. The summed E-state index contributed by atoms with van der Waals surface area (Å²) in [6, 6.07) is 2.56. The summed E-state index contributed by atoms with van der Waals surface area (Å²) in [5.74, 6) is -3.35. The number of amides is 3. The average Bonchev–Trinajstić information content (AvgIpc) is 3.07. The summed E-state index contributed by atoms with van der Waals surface area (Å²) in [5, 5.41) is 14.7. The molecule has 8 nitrogen and oxygen atoms in total. The van der Waals surface area contributed by atoms with Gasteiger partial charge in [0.2, 0.25) is 11.8 Å².